The number of likely N-dealkylation sites (tertiary alicyclic amines) is 1. The molecule has 2 aromatic heterocycles. The summed E-state index contributed by atoms with van der Waals surface area (Å²) in [5.41, 5.74) is 3.32. The lowest BCUT2D eigenvalue weighted by Gasteiger charge is -2.17. The molecular formula is C25H23N3O2S. The van der Waals surface area contributed by atoms with E-state index in [1.165, 1.54) is 16.9 Å². The minimum Gasteiger partial charge on any atom is -0.360 e. The summed E-state index contributed by atoms with van der Waals surface area (Å²) in [4.78, 5) is 31.9. The van der Waals surface area contributed by atoms with Gasteiger partial charge in [0, 0.05) is 53.9 Å². The standard InChI is InChI=1S/C25H23N3O2S/c29-24(23-7-4-12-31-23)21-14-26-22-9-8-18(13-20(21)22)25(30)27-19-10-11-28(16-19)15-17-5-2-1-3-6-17/h1-9,12-14,19,26H,10-11,15-16H2,(H,27,30). The number of aromatic nitrogens is 1. The van der Waals surface area contributed by atoms with E-state index in [0.717, 1.165) is 37.0 Å². The molecule has 1 aliphatic rings. The number of ketones is 1. The topological polar surface area (TPSA) is 65.2 Å². The first-order valence-corrected chi connectivity index (χ1v) is 11.3. The number of carbonyl (C=O) groups excluding carboxylic acids is 2. The predicted molar refractivity (Wildman–Crippen MR) is 124 cm³/mol. The lowest BCUT2D eigenvalue weighted by atomic mass is 10.0. The van der Waals surface area contributed by atoms with Crippen molar-refractivity contribution in [2.24, 2.45) is 0 Å². The number of rotatable bonds is 6. The summed E-state index contributed by atoms with van der Waals surface area (Å²) in [6.07, 6.45) is 2.67. The maximum Gasteiger partial charge on any atom is 0.251 e. The van der Waals surface area contributed by atoms with Gasteiger partial charge in [-0.05, 0) is 41.6 Å². The van der Waals surface area contributed by atoms with Crippen LogP contribution >= 0.6 is 11.3 Å². The third kappa shape index (κ3) is 4.17. The summed E-state index contributed by atoms with van der Waals surface area (Å²) in [5, 5.41) is 5.84. The van der Waals surface area contributed by atoms with Gasteiger partial charge in [-0.15, -0.1) is 11.3 Å². The fourth-order valence-electron chi connectivity index (χ4n) is 4.19. The van der Waals surface area contributed by atoms with E-state index in [1.807, 2.05) is 41.8 Å². The van der Waals surface area contributed by atoms with Gasteiger partial charge in [-0.3, -0.25) is 14.5 Å². The van der Waals surface area contributed by atoms with Gasteiger partial charge < -0.3 is 10.3 Å². The fourth-order valence-corrected chi connectivity index (χ4v) is 4.87. The van der Waals surface area contributed by atoms with E-state index < -0.39 is 0 Å². The van der Waals surface area contributed by atoms with Crippen molar-refractivity contribution < 1.29 is 9.59 Å². The molecule has 1 aliphatic heterocycles. The van der Waals surface area contributed by atoms with Crippen LogP contribution in [0, 0.1) is 0 Å². The molecule has 0 spiro atoms. The third-order valence-corrected chi connectivity index (χ3v) is 6.66. The lowest BCUT2D eigenvalue weighted by Crippen LogP contribution is -2.37. The number of H-pyrrole nitrogens is 1. The normalized spacial score (nSPS) is 16.6. The molecular weight excluding hydrogens is 406 g/mol. The molecule has 0 saturated carbocycles. The zero-order valence-corrected chi connectivity index (χ0v) is 17.8. The zero-order chi connectivity index (χ0) is 21.2. The highest BCUT2D eigenvalue weighted by molar-refractivity contribution is 7.12. The summed E-state index contributed by atoms with van der Waals surface area (Å²) in [7, 11) is 0. The Labute approximate surface area is 184 Å². The van der Waals surface area contributed by atoms with Crippen LogP contribution in [0.3, 0.4) is 0 Å². The molecule has 1 unspecified atom stereocenters. The van der Waals surface area contributed by atoms with Crippen LogP contribution in [0.1, 0.15) is 37.6 Å². The highest BCUT2D eigenvalue weighted by Gasteiger charge is 2.24. The van der Waals surface area contributed by atoms with Crippen molar-refractivity contribution in [2.75, 3.05) is 13.1 Å². The quantitative estimate of drug-likeness (QED) is 0.445. The summed E-state index contributed by atoms with van der Waals surface area (Å²) >= 11 is 1.42. The van der Waals surface area contributed by atoms with Gasteiger partial charge in [0.05, 0.1) is 4.88 Å². The Hall–Kier alpha value is -3.22. The van der Waals surface area contributed by atoms with Crippen LogP contribution in [0.5, 0.6) is 0 Å². The molecule has 31 heavy (non-hydrogen) atoms. The summed E-state index contributed by atoms with van der Waals surface area (Å²) in [5.74, 6) is -0.115. The number of hydrogen-bond acceptors (Lipinski definition) is 4. The molecule has 4 aromatic rings. The van der Waals surface area contributed by atoms with Crippen molar-refractivity contribution in [3.05, 3.63) is 93.8 Å². The van der Waals surface area contributed by atoms with Gasteiger partial charge in [0.25, 0.3) is 5.91 Å². The molecule has 0 aliphatic carbocycles. The fraction of sp³-hybridized carbons (Fsp3) is 0.200. The van der Waals surface area contributed by atoms with Gasteiger partial charge in [0.1, 0.15) is 0 Å². The van der Waals surface area contributed by atoms with E-state index in [-0.39, 0.29) is 17.7 Å². The average molecular weight is 430 g/mol. The van der Waals surface area contributed by atoms with Crippen molar-refractivity contribution in [1.82, 2.24) is 15.2 Å². The van der Waals surface area contributed by atoms with Gasteiger partial charge in [0.15, 0.2) is 0 Å². The maximum absolute atomic E-state index is 12.9. The second-order valence-corrected chi connectivity index (χ2v) is 8.90. The van der Waals surface area contributed by atoms with Crippen molar-refractivity contribution in [2.45, 2.75) is 19.0 Å². The van der Waals surface area contributed by atoms with Crippen LogP contribution in [0.25, 0.3) is 10.9 Å². The minimum atomic E-state index is -0.0933. The van der Waals surface area contributed by atoms with Crippen LogP contribution in [-0.4, -0.2) is 40.7 Å². The molecule has 1 amide bonds. The summed E-state index contributed by atoms with van der Waals surface area (Å²) in [6, 6.07) is 19.7. The van der Waals surface area contributed by atoms with E-state index in [4.69, 9.17) is 0 Å². The minimum absolute atomic E-state index is 0.0221. The average Bonchev–Trinajstić information content (AvgIpc) is 3.55. The molecule has 2 aromatic carbocycles. The second-order valence-electron chi connectivity index (χ2n) is 7.95. The molecule has 1 atom stereocenters. The Bertz CT molecular complexity index is 1210. The Morgan fingerprint density at radius 1 is 1.10 bits per heavy atom. The van der Waals surface area contributed by atoms with Crippen molar-refractivity contribution >= 4 is 33.9 Å². The van der Waals surface area contributed by atoms with Crippen LogP contribution in [0.15, 0.2) is 72.2 Å². The number of nitrogens with zero attached hydrogens (tertiary/aromatic N) is 1. The Balaban J connectivity index is 1.28. The van der Waals surface area contributed by atoms with Gasteiger partial charge >= 0.3 is 0 Å². The largest absolute Gasteiger partial charge is 0.360 e. The highest BCUT2D eigenvalue weighted by Crippen LogP contribution is 2.24. The number of amides is 1. The molecule has 2 N–H and O–H groups in total. The Morgan fingerprint density at radius 2 is 1.97 bits per heavy atom. The number of nitrogens with one attached hydrogen (secondary N) is 2. The summed E-state index contributed by atoms with van der Waals surface area (Å²) < 4.78 is 0. The number of carbonyl (C=O) groups is 2. The van der Waals surface area contributed by atoms with Gasteiger partial charge in [-0.2, -0.15) is 0 Å². The first kappa shape index (κ1) is 19.7. The van der Waals surface area contributed by atoms with Crippen LogP contribution in [0.4, 0.5) is 0 Å². The van der Waals surface area contributed by atoms with Gasteiger partial charge in [0.2, 0.25) is 5.78 Å². The molecule has 5 rings (SSSR count). The third-order valence-electron chi connectivity index (χ3n) is 5.79. The van der Waals surface area contributed by atoms with Crippen LogP contribution < -0.4 is 5.32 Å². The number of fused-ring (bicyclic) bond motifs is 1. The van der Waals surface area contributed by atoms with E-state index in [9.17, 15) is 9.59 Å². The van der Waals surface area contributed by atoms with E-state index in [2.05, 4.69) is 39.5 Å². The summed E-state index contributed by atoms with van der Waals surface area (Å²) in [6.45, 7) is 2.71. The number of thiophene rings is 1. The first-order valence-electron chi connectivity index (χ1n) is 10.4. The van der Waals surface area contributed by atoms with E-state index in [0.29, 0.717) is 16.0 Å². The van der Waals surface area contributed by atoms with E-state index >= 15 is 0 Å². The molecule has 156 valence electrons. The zero-order valence-electron chi connectivity index (χ0n) is 17.0. The molecule has 6 heteroatoms. The maximum atomic E-state index is 12.9. The molecule has 5 nitrogen and oxygen atoms in total. The van der Waals surface area contributed by atoms with Gasteiger partial charge in [-0.25, -0.2) is 0 Å². The number of aromatic amines is 1. The Kier molecular flexibility index (Phi) is 5.40. The van der Waals surface area contributed by atoms with Crippen molar-refractivity contribution in [3.8, 4) is 0 Å². The number of benzene rings is 2. The second kappa shape index (κ2) is 8.49. The Morgan fingerprint density at radius 3 is 2.77 bits per heavy atom. The van der Waals surface area contributed by atoms with Crippen LogP contribution in [0.2, 0.25) is 0 Å². The molecule has 0 bridgehead atoms. The van der Waals surface area contributed by atoms with Crippen molar-refractivity contribution in [3.63, 3.8) is 0 Å². The first-order chi connectivity index (χ1) is 15.2. The van der Waals surface area contributed by atoms with Crippen LogP contribution in [-0.2, 0) is 6.54 Å². The molecule has 1 saturated heterocycles. The van der Waals surface area contributed by atoms with Gasteiger partial charge in [-0.1, -0.05) is 36.4 Å². The van der Waals surface area contributed by atoms with E-state index in [1.54, 1.807) is 6.20 Å². The molecule has 0 radical (unpaired) electrons. The van der Waals surface area contributed by atoms with Crippen molar-refractivity contribution in [1.29, 1.82) is 0 Å². The molecule has 1 fully saturated rings. The predicted octanol–water partition coefficient (Wildman–Crippen LogP) is 4.46. The number of hydrogen-bond donors (Lipinski definition) is 2. The smallest absolute Gasteiger partial charge is 0.251 e. The molecule has 3 heterocycles. The highest BCUT2D eigenvalue weighted by atomic mass is 32.1. The monoisotopic (exact) mass is 429 g/mol. The lowest BCUT2D eigenvalue weighted by molar-refractivity contribution is 0.0937. The SMILES string of the molecule is O=C(NC1CCN(Cc2ccccc2)C1)c1ccc2[nH]cc(C(=O)c3cccs3)c2c1.